The summed E-state index contributed by atoms with van der Waals surface area (Å²) < 4.78 is 0. The number of nitrogens with zero attached hydrogens (tertiary/aromatic N) is 5. The zero-order chi connectivity index (χ0) is 20.2. The van der Waals surface area contributed by atoms with Gasteiger partial charge in [0.1, 0.15) is 5.82 Å². The topological polar surface area (TPSA) is 45.2 Å². The molecule has 3 heterocycles. The smallest absolute Gasteiger partial charge is 0.163 e. The second-order valence-electron chi connectivity index (χ2n) is 7.76. The molecular formula is C23H26ClN5. The molecule has 1 aromatic carbocycles. The fraction of sp³-hybridized carbons (Fsp3) is 0.348. The first-order valence-corrected chi connectivity index (χ1v) is 10.4. The first-order valence-electron chi connectivity index (χ1n) is 10.1. The van der Waals surface area contributed by atoms with E-state index in [1.807, 2.05) is 42.6 Å². The Morgan fingerprint density at radius 3 is 2.66 bits per heavy atom. The van der Waals surface area contributed by atoms with E-state index in [1.54, 1.807) is 6.20 Å². The van der Waals surface area contributed by atoms with Crippen molar-refractivity contribution in [2.24, 2.45) is 0 Å². The van der Waals surface area contributed by atoms with Crippen LogP contribution in [0.2, 0.25) is 5.02 Å². The van der Waals surface area contributed by atoms with Crippen LogP contribution in [0, 0.1) is 0 Å². The SMILES string of the molecule is CN(C)CCC1CCCN1c1cc(-c2ccc(Cl)cc2)nc(-c2cccnc2)n1. The van der Waals surface area contributed by atoms with Crippen molar-refractivity contribution in [2.75, 3.05) is 32.1 Å². The average molecular weight is 408 g/mol. The Hall–Kier alpha value is -2.50. The van der Waals surface area contributed by atoms with Crippen molar-refractivity contribution in [1.29, 1.82) is 0 Å². The van der Waals surface area contributed by atoms with Crippen molar-refractivity contribution in [1.82, 2.24) is 19.9 Å². The van der Waals surface area contributed by atoms with Crippen LogP contribution in [0.5, 0.6) is 0 Å². The maximum absolute atomic E-state index is 6.09. The van der Waals surface area contributed by atoms with E-state index in [9.17, 15) is 0 Å². The third-order valence-electron chi connectivity index (χ3n) is 5.35. The molecule has 0 saturated carbocycles. The van der Waals surface area contributed by atoms with Gasteiger partial charge in [-0.25, -0.2) is 9.97 Å². The number of halogens is 1. The molecule has 1 aliphatic rings. The molecule has 0 bridgehead atoms. The molecule has 3 aromatic rings. The van der Waals surface area contributed by atoms with Gasteiger partial charge in [-0.2, -0.15) is 0 Å². The zero-order valence-corrected chi connectivity index (χ0v) is 17.7. The molecule has 5 nitrogen and oxygen atoms in total. The Labute approximate surface area is 177 Å². The van der Waals surface area contributed by atoms with Gasteiger partial charge in [0.15, 0.2) is 5.82 Å². The van der Waals surface area contributed by atoms with Crippen molar-refractivity contribution < 1.29 is 0 Å². The fourth-order valence-electron chi connectivity index (χ4n) is 3.82. The minimum Gasteiger partial charge on any atom is -0.353 e. The number of benzene rings is 1. The largest absolute Gasteiger partial charge is 0.353 e. The molecule has 0 N–H and O–H groups in total. The van der Waals surface area contributed by atoms with Gasteiger partial charge < -0.3 is 9.80 Å². The van der Waals surface area contributed by atoms with Gasteiger partial charge in [0.05, 0.1) is 5.69 Å². The van der Waals surface area contributed by atoms with E-state index in [2.05, 4.69) is 34.9 Å². The molecule has 0 spiro atoms. The van der Waals surface area contributed by atoms with E-state index < -0.39 is 0 Å². The predicted octanol–water partition coefficient (Wildman–Crippen LogP) is 4.78. The van der Waals surface area contributed by atoms with E-state index in [1.165, 1.54) is 12.8 Å². The highest BCUT2D eigenvalue weighted by Crippen LogP contribution is 2.31. The van der Waals surface area contributed by atoms with Crippen LogP contribution in [0.25, 0.3) is 22.6 Å². The summed E-state index contributed by atoms with van der Waals surface area (Å²) in [5.74, 6) is 1.70. The summed E-state index contributed by atoms with van der Waals surface area (Å²) >= 11 is 6.09. The summed E-state index contributed by atoms with van der Waals surface area (Å²) in [6.45, 7) is 2.10. The van der Waals surface area contributed by atoms with Crippen molar-refractivity contribution in [2.45, 2.75) is 25.3 Å². The molecule has 4 rings (SSSR count). The Morgan fingerprint density at radius 2 is 1.93 bits per heavy atom. The summed E-state index contributed by atoms with van der Waals surface area (Å²) in [5.41, 5.74) is 2.87. The quantitative estimate of drug-likeness (QED) is 0.588. The monoisotopic (exact) mass is 407 g/mol. The summed E-state index contributed by atoms with van der Waals surface area (Å²) in [6.07, 6.45) is 7.12. The molecule has 150 valence electrons. The van der Waals surface area contributed by atoms with Crippen LogP contribution in [0.1, 0.15) is 19.3 Å². The van der Waals surface area contributed by atoms with Crippen LogP contribution < -0.4 is 4.90 Å². The van der Waals surface area contributed by atoms with Crippen LogP contribution in [-0.2, 0) is 0 Å². The molecule has 0 amide bonds. The second-order valence-corrected chi connectivity index (χ2v) is 8.20. The van der Waals surface area contributed by atoms with Crippen molar-refractivity contribution in [3.8, 4) is 22.6 Å². The molecule has 1 saturated heterocycles. The lowest BCUT2D eigenvalue weighted by molar-refractivity contribution is 0.380. The van der Waals surface area contributed by atoms with E-state index in [0.29, 0.717) is 11.9 Å². The molecule has 1 unspecified atom stereocenters. The minimum atomic E-state index is 0.507. The van der Waals surface area contributed by atoms with Gasteiger partial charge in [-0.1, -0.05) is 23.7 Å². The zero-order valence-electron chi connectivity index (χ0n) is 16.9. The highest BCUT2D eigenvalue weighted by molar-refractivity contribution is 6.30. The molecule has 29 heavy (non-hydrogen) atoms. The highest BCUT2D eigenvalue weighted by Gasteiger charge is 2.26. The normalized spacial score (nSPS) is 16.6. The van der Waals surface area contributed by atoms with Crippen molar-refractivity contribution in [3.63, 3.8) is 0 Å². The minimum absolute atomic E-state index is 0.507. The Kier molecular flexibility index (Phi) is 6.07. The predicted molar refractivity (Wildman–Crippen MR) is 119 cm³/mol. The number of pyridine rings is 1. The molecule has 2 aromatic heterocycles. The van der Waals surface area contributed by atoms with Crippen molar-refractivity contribution in [3.05, 3.63) is 59.9 Å². The van der Waals surface area contributed by atoms with E-state index in [-0.39, 0.29) is 0 Å². The second kappa shape index (κ2) is 8.89. The summed E-state index contributed by atoms with van der Waals surface area (Å²) in [4.78, 5) is 18.7. The molecule has 6 heteroatoms. The van der Waals surface area contributed by atoms with Gasteiger partial charge >= 0.3 is 0 Å². The standard InChI is InChI=1S/C23H26ClN5/c1-28(2)14-11-20-6-4-13-29(20)22-15-21(17-7-9-19(24)10-8-17)26-23(27-22)18-5-3-12-25-16-18/h3,5,7-10,12,15-16,20H,4,6,11,13-14H2,1-2H3. The van der Waals surface area contributed by atoms with Gasteiger partial charge in [-0.05, 0) is 64.2 Å². The lowest BCUT2D eigenvalue weighted by atomic mass is 10.1. The Bertz CT molecular complexity index is 943. The maximum Gasteiger partial charge on any atom is 0.163 e. The molecule has 0 aliphatic carbocycles. The maximum atomic E-state index is 6.09. The lowest BCUT2D eigenvalue weighted by Gasteiger charge is -2.27. The van der Waals surface area contributed by atoms with Crippen LogP contribution >= 0.6 is 11.6 Å². The summed E-state index contributed by atoms with van der Waals surface area (Å²) in [7, 11) is 4.26. The van der Waals surface area contributed by atoms with E-state index >= 15 is 0 Å². The van der Waals surface area contributed by atoms with Crippen molar-refractivity contribution >= 4 is 17.4 Å². The highest BCUT2D eigenvalue weighted by atomic mass is 35.5. The van der Waals surface area contributed by atoms with Crippen LogP contribution in [0.3, 0.4) is 0 Å². The van der Waals surface area contributed by atoms with Gasteiger partial charge in [0, 0.05) is 47.2 Å². The first kappa shape index (κ1) is 19.8. The van der Waals surface area contributed by atoms with Crippen LogP contribution in [0.15, 0.2) is 54.9 Å². The molecule has 0 radical (unpaired) electrons. The molecule has 1 aliphatic heterocycles. The van der Waals surface area contributed by atoms with Crippen LogP contribution in [0.4, 0.5) is 5.82 Å². The van der Waals surface area contributed by atoms with Gasteiger partial charge in [0.2, 0.25) is 0 Å². The van der Waals surface area contributed by atoms with Gasteiger partial charge in [-0.3, -0.25) is 4.98 Å². The third kappa shape index (κ3) is 4.74. The number of anilines is 1. The average Bonchev–Trinajstić information content (AvgIpc) is 3.22. The van der Waals surface area contributed by atoms with Gasteiger partial charge in [0.25, 0.3) is 0 Å². The van der Waals surface area contributed by atoms with E-state index in [0.717, 1.165) is 47.2 Å². The number of hydrogen-bond donors (Lipinski definition) is 0. The molecule has 1 fully saturated rings. The Morgan fingerprint density at radius 1 is 1.10 bits per heavy atom. The lowest BCUT2D eigenvalue weighted by Crippen LogP contribution is -2.33. The fourth-order valence-corrected chi connectivity index (χ4v) is 3.94. The molecular weight excluding hydrogens is 382 g/mol. The summed E-state index contributed by atoms with van der Waals surface area (Å²) in [6, 6.07) is 14.4. The third-order valence-corrected chi connectivity index (χ3v) is 5.61. The number of rotatable bonds is 6. The molecule has 1 atom stereocenters. The summed E-state index contributed by atoms with van der Waals surface area (Å²) in [5, 5.41) is 0.721. The van der Waals surface area contributed by atoms with Crippen LogP contribution in [-0.4, -0.2) is 53.1 Å². The Balaban J connectivity index is 1.74. The van der Waals surface area contributed by atoms with E-state index in [4.69, 9.17) is 21.6 Å². The number of hydrogen-bond acceptors (Lipinski definition) is 5. The number of aromatic nitrogens is 3. The van der Waals surface area contributed by atoms with Gasteiger partial charge in [-0.15, -0.1) is 0 Å². The first-order chi connectivity index (χ1) is 14.1.